The molecule has 3 N–H and O–H groups in total. The van der Waals surface area contributed by atoms with Crippen LogP contribution in [0.2, 0.25) is 0 Å². The second-order valence-electron chi connectivity index (χ2n) is 10.2. The molecule has 5 nitrogen and oxygen atoms in total. The van der Waals surface area contributed by atoms with Gasteiger partial charge in [0, 0.05) is 16.3 Å². The van der Waals surface area contributed by atoms with Gasteiger partial charge in [0.25, 0.3) is 0 Å². The third-order valence-electron chi connectivity index (χ3n) is 6.31. The van der Waals surface area contributed by atoms with Gasteiger partial charge in [-0.2, -0.15) is 0 Å². The zero-order valence-corrected chi connectivity index (χ0v) is 21.8. The molecule has 1 aliphatic carbocycles. The minimum absolute atomic E-state index is 0.0344. The molecule has 1 heterocycles. The van der Waals surface area contributed by atoms with Crippen LogP contribution in [0.1, 0.15) is 79.3 Å². The van der Waals surface area contributed by atoms with Gasteiger partial charge in [0.2, 0.25) is 0 Å². The molecule has 3 rings (SSSR count). The van der Waals surface area contributed by atoms with Gasteiger partial charge in [0.05, 0.1) is 6.42 Å². The fraction of sp³-hybridized carbons (Fsp3) is 0.464. The maximum Gasteiger partial charge on any atom is 0.304 e. The van der Waals surface area contributed by atoms with E-state index in [1.54, 1.807) is 0 Å². The molecule has 1 aliphatic rings. The highest BCUT2D eigenvalue weighted by Crippen LogP contribution is 2.38. The Labute approximate surface area is 207 Å². The Morgan fingerprint density at radius 1 is 1.21 bits per heavy atom. The monoisotopic (exact) mass is 483 g/mol. The first-order valence-electron chi connectivity index (χ1n) is 11.8. The number of aryl methyl sites for hydroxylation is 2. The van der Waals surface area contributed by atoms with Crippen LogP contribution < -0.4 is 10.1 Å². The topological polar surface area (TPSA) is 78.8 Å². The average Bonchev–Trinajstić information content (AvgIpc) is 3.23. The van der Waals surface area contributed by atoms with Crippen LogP contribution in [0, 0.1) is 25.2 Å². The molecule has 0 spiro atoms. The molecule has 184 valence electrons. The minimum Gasteiger partial charge on any atom is -0.485 e. The molecule has 1 aromatic carbocycles. The van der Waals surface area contributed by atoms with E-state index in [2.05, 4.69) is 70.3 Å². The SMILES string of the molecule is Cc1cc(OC(C)c2ccc(C(O)NCCC(=O)O)s2)cc(C)c1C1=CCC(C(C)(C)C)C=C1. The van der Waals surface area contributed by atoms with Crippen molar-refractivity contribution >= 4 is 22.9 Å². The van der Waals surface area contributed by atoms with Gasteiger partial charge < -0.3 is 14.9 Å². The van der Waals surface area contributed by atoms with Crippen LogP contribution in [0.5, 0.6) is 5.75 Å². The van der Waals surface area contributed by atoms with Crippen LogP contribution in [0.3, 0.4) is 0 Å². The summed E-state index contributed by atoms with van der Waals surface area (Å²) >= 11 is 1.46. The van der Waals surface area contributed by atoms with Crippen molar-refractivity contribution in [2.75, 3.05) is 6.54 Å². The summed E-state index contributed by atoms with van der Waals surface area (Å²) in [7, 11) is 0. The van der Waals surface area contributed by atoms with Crippen LogP contribution in [0.4, 0.5) is 0 Å². The largest absolute Gasteiger partial charge is 0.485 e. The third-order valence-corrected chi connectivity index (χ3v) is 7.61. The van der Waals surface area contributed by atoms with E-state index < -0.39 is 12.2 Å². The van der Waals surface area contributed by atoms with Gasteiger partial charge in [-0.3, -0.25) is 10.1 Å². The molecule has 1 aromatic heterocycles. The molecular weight excluding hydrogens is 446 g/mol. The normalized spacial score (nSPS) is 17.9. The smallest absolute Gasteiger partial charge is 0.304 e. The number of thiophene rings is 1. The zero-order chi connectivity index (χ0) is 25.0. The predicted molar refractivity (Wildman–Crippen MR) is 139 cm³/mol. The number of hydrogen-bond donors (Lipinski definition) is 3. The number of benzene rings is 1. The third kappa shape index (κ3) is 6.59. The van der Waals surface area contributed by atoms with Crippen molar-refractivity contribution in [3.63, 3.8) is 0 Å². The van der Waals surface area contributed by atoms with Crippen molar-refractivity contribution in [3.8, 4) is 5.75 Å². The molecular formula is C28H37NO4S. The highest BCUT2D eigenvalue weighted by atomic mass is 32.1. The summed E-state index contributed by atoms with van der Waals surface area (Å²) in [4.78, 5) is 12.4. The lowest BCUT2D eigenvalue weighted by molar-refractivity contribution is -0.137. The van der Waals surface area contributed by atoms with E-state index in [4.69, 9.17) is 9.84 Å². The number of rotatable bonds is 9. The fourth-order valence-corrected chi connectivity index (χ4v) is 5.26. The van der Waals surface area contributed by atoms with Gasteiger partial charge in [0.15, 0.2) is 0 Å². The number of carboxylic acids is 1. The van der Waals surface area contributed by atoms with E-state index in [9.17, 15) is 9.90 Å². The van der Waals surface area contributed by atoms with Crippen molar-refractivity contribution in [3.05, 3.63) is 68.9 Å². The molecule has 0 aliphatic heterocycles. The van der Waals surface area contributed by atoms with Crippen molar-refractivity contribution in [1.29, 1.82) is 0 Å². The second-order valence-corrected chi connectivity index (χ2v) is 11.3. The van der Waals surface area contributed by atoms with E-state index in [0.717, 1.165) is 21.9 Å². The Morgan fingerprint density at radius 2 is 1.85 bits per heavy atom. The lowest BCUT2D eigenvalue weighted by Gasteiger charge is -2.30. The average molecular weight is 484 g/mol. The van der Waals surface area contributed by atoms with E-state index in [-0.39, 0.29) is 24.5 Å². The first-order valence-corrected chi connectivity index (χ1v) is 12.7. The Morgan fingerprint density at radius 3 is 2.41 bits per heavy atom. The Hall–Kier alpha value is -2.41. The summed E-state index contributed by atoms with van der Waals surface area (Å²) in [6.45, 7) is 13.3. The summed E-state index contributed by atoms with van der Waals surface area (Å²) in [5.41, 5.74) is 5.21. The molecule has 3 unspecified atom stereocenters. The standard InChI is InChI=1S/C28H37NO4S/c1-17-15-22(16-18(2)26(17)20-7-9-21(10-8-20)28(4,5)6)33-19(3)23-11-12-24(34-23)27(32)29-14-13-25(30)31/h7-9,11-12,15-16,19,21,27,29,32H,10,13-14H2,1-6H3,(H,30,31). The van der Waals surface area contributed by atoms with Crippen LogP contribution in [0.15, 0.2) is 42.5 Å². The Bertz CT molecular complexity index is 1050. The maximum atomic E-state index is 10.7. The van der Waals surface area contributed by atoms with E-state index in [1.807, 2.05) is 19.1 Å². The number of ether oxygens (including phenoxy) is 1. The maximum absolute atomic E-state index is 10.7. The van der Waals surface area contributed by atoms with Crippen LogP contribution in [-0.2, 0) is 4.79 Å². The molecule has 2 aromatic rings. The van der Waals surface area contributed by atoms with Gasteiger partial charge in [-0.25, -0.2) is 0 Å². The van der Waals surface area contributed by atoms with E-state index >= 15 is 0 Å². The number of hydrogen-bond acceptors (Lipinski definition) is 5. The molecule has 0 fully saturated rings. The molecule has 0 saturated carbocycles. The number of carboxylic acid groups (broad SMARTS) is 1. The molecule has 34 heavy (non-hydrogen) atoms. The molecule has 0 amide bonds. The summed E-state index contributed by atoms with van der Waals surface area (Å²) < 4.78 is 6.26. The molecule has 0 bridgehead atoms. The zero-order valence-electron chi connectivity index (χ0n) is 21.0. The van der Waals surface area contributed by atoms with Crippen LogP contribution >= 0.6 is 11.3 Å². The number of nitrogens with one attached hydrogen (secondary N) is 1. The lowest BCUT2D eigenvalue weighted by atomic mass is 9.75. The highest BCUT2D eigenvalue weighted by Gasteiger charge is 2.24. The van der Waals surface area contributed by atoms with Crippen molar-refractivity contribution in [1.82, 2.24) is 5.32 Å². The first kappa shape index (κ1) is 26.2. The molecule has 0 radical (unpaired) electrons. The predicted octanol–water partition coefficient (Wildman–Crippen LogP) is 6.57. The quantitative estimate of drug-likeness (QED) is 0.352. The van der Waals surface area contributed by atoms with E-state index in [1.165, 1.54) is 33.6 Å². The number of aliphatic hydroxyl groups is 1. The summed E-state index contributed by atoms with van der Waals surface area (Å²) in [5, 5.41) is 21.8. The number of carbonyl (C=O) groups is 1. The highest BCUT2D eigenvalue weighted by molar-refractivity contribution is 7.12. The molecule has 0 saturated heterocycles. The molecule has 6 heteroatoms. The summed E-state index contributed by atoms with van der Waals surface area (Å²) in [6.07, 6.45) is 6.94. The summed E-state index contributed by atoms with van der Waals surface area (Å²) in [5.74, 6) is 0.492. The van der Waals surface area contributed by atoms with E-state index in [0.29, 0.717) is 5.92 Å². The van der Waals surface area contributed by atoms with Crippen molar-refractivity contribution in [2.24, 2.45) is 11.3 Å². The second kappa shape index (κ2) is 10.9. The van der Waals surface area contributed by atoms with Crippen molar-refractivity contribution in [2.45, 2.75) is 66.7 Å². The van der Waals surface area contributed by atoms with Crippen LogP contribution in [-0.4, -0.2) is 22.7 Å². The number of aliphatic hydroxyl groups excluding tert-OH is 1. The van der Waals surface area contributed by atoms with Gasteiger partial charge in [-0.1, -0.05) is 39.0 Å². The number of aliphatic carboxylic acids is 1. The lowest BCUT2D eigenvalue weighted by Crippen LogP contribution is -2.23. The van der Waals surface area contributed by atoms with Gasteiger partial charge in [-0.15, -0.1) is 11.3 Å². The molecule has 3 atom stereocenters. The van der Waals surface area contributed by atoms with Gasteiger partial charge >= 0.3 is 5.97 Å². The summed E-state index contributed by atoms with van der Waals surface area (Å²) in [6, 6.07) is 8.00. The van der Waals surface area contributed by atoms with Crippen molar-refractivity contribution < 1.29 is 19.7 Å². The Kier molecular flexibility index (Phi) is 8.39. The van der Waals surface area contributed by atoms with Gasteiger partial charge in [0.1, 0.15) is 18.1 Å². The first-order chi connectivity index (χ1) is 16.0. The minimum atomic E-state index is -0.893. The Balaban J connectivity index is 1.67. The van der Waals surface area contributed by atoms with Crippen LogP contribution in [0.25, 0.3) is 5.57 Å². The fourth-order valence-electron chi connectivity index (χ4n) is 4.31. The van der Waals surface area contributed by atoms with Gasteiger partial charge in [-0.05, 0) is 85.1 Å². The number of allylic oxidation sites excluding steroid dienone is 4.